The number of carbonyl (C=O) groups is 1. The summed E-state index contributed by atoms with van der Waals surface area (Å²) < 4.78 is 0. The molecule has 1 N–H and O–H groups in total. The highest BCUT2D eigenvalue weighted by molar-refractivity contribution is 6.19. The van der Waals surface area contributed by atoms with E-state index in [9.17, 15) is 4.79 Å². The van der Waals surface area contributed by atoms with Crippen LogP contribution < -0.4 is 5.32 Å². The number of nitrogens with zero attached hydrogens (tertiary/aromatic N) is 1. The molecule has 2 aromatic rings. The summed E-state index contributed by atoms with van der Waals surface area (Å²) in [6.45, 7) is 4.05. The Morgan fingerprint density at radius 2 is 1.71 bits per heavy atom. The largest absolute Gasteiger partial charge is 0.305 e. The lowest BCUT2D eigenvalue weighted by atomic mass is 10.1. The second-order valence-electron chi connectivity index (χ2n) is 5.17. The van der Waals surface area contributed by atoms with Gasteiger partial charge in [-0.3, -0.25) is 4.79 Å². The smallest absolute Gasteiger partial charge is 0.275 e. The first-order chi connectivity index (χ1) is 10.1. The van der Waals surface area contributed by atoms with E-state index in [2.05, 4.69) is 10.3 Å². The van der Waals surface area contributed by atoms with Gasteiger partial charge in [0.15, 0.2) is 0 Å². The average molecular weight is 276 g/mol. The maximum atomic E-state index is 12.0. The minimum absolute atomic E-state index is 0.158. The van der Waals surface area contributed by atoms with Crippen molar-refractivity contribution < 1.29 is 4.79 Å². The van der Waals surface area contributed by atoms with Crippen LogP contribution in [0.15, 0.2) is 59.2 Å². The number of nitrogens with one attached hydrogen (secondary N) is 1. The highest BCUT2D eigenvalue weighted by Gasteiger charge is 2.21. The topological polar surface area (TPSA) is 41.5 Å². The Balaban J connectivity index is 1.96. The molecule has 1 aliphatic heterocycles. The van der Waals surface area contributed by atoms with E-state index in [0.29, 0.717) is 11.5 Å². The lowest BCUT2D eigenvalue weighted by Crippen LogP contribution is -2.24. The highest BCUT2D eigenvalue weighted by Crippen LogP contribution is 2.17. The van der Waals surface area contributed by atoms with Gasteiger partial charge >= 0.3 is 0 Å². The van der Waals surface area contributed by atoms with Crippen molar-refractivity contribution in [1.29, 1.82) is 0 Å². The van der Waals surface area contributed by atoms with E-state index >= 15 is 0 Å². The molecular formula is C18H16N2O. The number of aliphatic imine (C=N–C) groups is 1. The fourth-order valence-electron chi connectivity index (χ4n) is 2.21. The van der Waals surface area contributed by atoms with Gasteiger partial charge < -0.3 is 5.32 Å². The molecule has 3 heteroatoms. The molecule has 0 bridgehead atoms. The lowest BCUT2D eigenvalue weighted by Gasteiger charge is -2.00. The number of rotatable bonds is 2. The monoisotopic (exact) mass is 276 g/mol. The van der Waals surface area contributed by atoms with Gasteiger partial charge in [-0.1, -0.05) is 54.1 Å². The molecule has 0 atom stereocenters. The summed E-state index contributed by atoms with van der Waals surface area (Å²) in [6, 6.07) is 15.9. The first-order valence-corrected chi connectivity index (χ1v) is 6.88. The zero-order valence-corrected chi connectivity index (χ0v) is 12.1. The van der Waals surface area contributed by atoms with Gasteiger partial charge in [0.2, 0.25) is 0 Å². The standard InChI is InChI=1S/C18H16N2O/c1-12-7-9-14(10-8-12)17-19-16(18(21)20-17)11-15-6-4-3-5-13(15)2/h3-11H,1-2H3,(H,19,20,21)/b16-11-. The molecule has 3 rings (SSSR count). The molecule has 0 fully saturated rings. The Morgan fingerprint density at radius 3 is 2.43 bits per heavy atom. The van der Waals surface area contributed by atoms with Crippen LogP contribution in [0.1, 0.15) is 22.3 Å². The summed E-state index contributed by atoms with van der Waals surface area (Å²) in [5.74, 6) is 0.452. The fourth-order valence-corrected chi connectivity index (χ4v) is 2.21. The van der Waals surface area contributed by atoms with Crippen LogP contribution in [0.2, 0.25) is 0 Å². The SMILES string of the molecule is Cc1ccc(C2=N/C(=C\c3ccccc3C)C(=O)N2)cc1. The van der Waals surface area contributed by atoms with Crippen LogP contribution in [-0.2, 0) is 4.79 Å². The molecule has 0 saturated heterocycles. The highest BCUT2D eigenvalue weighted by atomic mass is 16.2. The minimum atomic E-state index is -0.158. The van der Waals surface area contributed by atoms with Crippen molar-refractivity contribution in [3.8, 4) is 0 Å². The number of hydrogen-bond donors (Lipinski definition) is 1. The van der Waals surface area contributed by atoms with Crippen molar-refractivity contribution in [2.75, 3.05) is 0 Å². The predicted molar refractivity (Wildman–Crippen MR) is 85.0 cm³/mol. The third kappa shape index (κ3) is 2.77. The van der Waals surface area contributed by atoms with Gasteiger partial charge in [-0.05, 0) is 31.1 Å². The van der Waals surface area contributed by atoms with Gasteiger partial charge in [0.25, 0.3) is 5.91 Å². The van der Waals surface area contributed by atoms with E-state index in [1.165, 1.54) is 5.56 Å². The summed E-state index contributed by atoms with van der Waals surface area (Å²) >= 11 is 0. The molecule has 21 heavy (non-hydrogen) atoms. The molecule has 0 radical (unpaired) electrons. The molecule has 0 aliphatic carbocycles. The molecule has 0 saturated carbocycles. The minimum Gasteiger partial charge on any atom is -0.305 e. The molecule has 3 nitrogen and oxygen atoms in total. The zero-order valence-electron chi connectivity index (χ0n) is 12.1. The number of carbonyl (C=O) groups excluding carboxylic acids is 1. The summed E-state index contributed by atoms with van der Waals surface area (Å²) in [7, 11) is 0. The number of benzene rings is 2. The summed E-state index contributed by atoms with van der Waals surface area (Å²) in [5, 5.41) is 2.82. The molecule has 1 amide bonds. The van der Waals surface area contributed by atoms with Crippen LogP contribution in [-0.4, -0.2) is 11.7 Å². The van der Waals surface area contributed by atoms with E-state index < -0.39 is 0 Å². The van der Waals surface area contributed by atoms with Crippen LogP contribution in [0.3, 0.4) is 0 Å². The molecule has 1 aliphatic rings. The van der Waals surface area contributed by atoms with Gasteiger partial charge in [0.05, 0.1) is 0 Å². The van der Waals surface area contributed by atoms with Crippen molar-refractivity contribution in [2.45, 2.75) is 13.8 Å². The predicted octanol–water partition coefficient (Wildman–Crippen LogP) is 3.22. The fraction of sp³-hybridized carbons (Fsp3) is 0.111. The summed E-state index contributed by atoms with van der Waals surface area (Å²) in [6.07, 6.45) is 1.83. The molecule has 0 spiro atoms. The number of hydrogen-bond acceptors (Lipinski definition) is 2. The Hall–Kier alpha value is -2.68. The van der Waals surface area contributed by atoms with Crippen LogP contribution >= 0.6 is 0 Å². The maximum Gasteiger partial charge on any atom is 0.275 e. The van der Waals surface area contributed by atoms with E-state index in [0.717, 1.165) is 16.7 Å². The van der Waals surface area contributed by atoms with Crippen molar-refractivity contribution in [3.05, 3.63) is 76.5 Å². The molecule has 0 unspecified atom stereocenters. The quantitative estimate of drug-likeness (QED) is 0.841. The Kier molecular flexibility index (Phi) is 3.40. The van der Waals surface area contributed by atoms with Gasteiger partial charge in [0.1, 0.15) is 11.5 Å². The van der Waals surface area contributed by atoms with E-state index in [4.69, 9.17) is 0 Å². The Morgan fingerprint density at radius 1 is 1.00 bits per heavy atom. The van der Waals surface area contributed by atoms with Gasteiger partial charge in [0, 0.05) is 5.56 Å². The third-order valence-electron chi connectivity index (χ3n) is 3.50. The molecule has 1 heterocycles. The van der Waals surface area contributed by atoms with Crippen LogP contribution in [0.25, 0.3) is 6.08 Å². The second-order valence-corrected chi connectivity index (χ2v) is 5.17. The van der Waals surface area contributed by atoms with Gasteiger partial charge in [-0.25, -0.2) is 4.99 Å². The molecule has 0 aromatic heterocycles. The molecule has 2 aromatic carbocycles. The van der Waals surface area contributed by atoms with Crippen molar-refractivity contribution in [1.82, 2.24) is 5.32 Å². The second kappa shape index (κ2) is 5.37. The molecule has 104 valence electrons. The van der Waals surface area contributed by atoms with Crippen LogP contribution in [0.4, 0.5) is 0 Å². The summed E-state index contributed by atoms with van der Waals surface area (Å²) in [5.41, 5.74) is 4.68. The van der Waals surface area contributed by atoms with E-state index in [1.54, 1.807) is 0 Å². The number of amides is 1. The van der Waals surface area contributed by atoms with E-state index in [-0.39, 0.29) is 5.91 Å². The van der Waals surface area contributed by atoms with Crippen LogP contribution in [0.5, 0.6) is 0 Å². The number of amidine groups is 1. The zero-order chi connectivity index (χ0) is 14.8. The van der Waals surface area contributed by atoms with E-state index in [1.807, 2.05) is 68.5 Å². The summed E-state index contributed by atoms with van der Waals surface area (Å²) in [4.78, 5) is 16.5. The lowest BCUT2D eigenvalue weighted by molar-refractivity contribution is -0.115. The van der Waals surface area contributed by atoms with Gasteiger partial charge in [-0.2, -0.15) is 0 Å². The van der Waals surface area contributed by atoms with Crippen molar-refractivity contribution in [2.24, 2.45) is 4.99 Å². The number of aryl methyl sites for hydroxylation is 2. The Labute approximate surface area is 124 Å². The third-order valence-corrected chi connectivity index (χ3v) is 3.50. The first-order valence-electron chi connectivity index (χ1n) is 6.88. The normalized spacial score (nSPS) is 16.0. The maximum absolute atomic E-state index is 12.0. The van der Waals surface area contributed by atoms with Crippen LogP contribution in [0, 0.1) is 13.8 Å². The van der Waals surface area contributed by atoms with Crippen molar-refractivity contribution in [3.63, 3.8) is 0 Å². The first kappa shape index (κ1) is 13.3. The molecular weight excluding hydrogens is 260 g/mol. The van der Waals surface area contributed by atoms with Gasteiger partial charge in [-0.15, -0.1) is 0 Å². The Bertz CT molecular complexity index is 755. The van der Waals surface area contributed by atoms with Crippen molar-refractivity contribution >= 4 is 17.8 Å². The average Bonchev–Trinajstić information content (AvgIpc) is 2.83.